The van der Waals surface area contributed by atoms with E-state index < -0.39 is 5.91 Å². The van der Waals surface area contributed by atoms with Gasteiger partial charge in [-0.3, -0.25) is 9.69 Å². The van der Waals surface area contributed by atoms with Gasteiger partial charge in [0.2, 0.25) is 0 Å². The number of imidazole rings is 1. The number of primary amides is 1. The number of piperazine rings is 1. The molecule has 2 aromatic carbocycles. The Morgan fingerprint density at radius 3 is 2.37 bits per heavy atom. The molecule has 242 valence electrons. The molecule has 4 aromatic rings. The molecule has 12 nitrogen and oxygen atoms in total. The van der Waals surface area contributed by atoms with Gasteiger partial charge in [0.1, 0.15) is 5.69 Å². The number of para-hydroxylation sites is 1. The van der Waals surface area contributed by atoms with Gasteiger partial charge in [0, 0.05) is 68.3 Å². The van der Waals surface area contributed by atoms with E-state index in [0.29, 0.717) is 23.4 Å². The minimum atomic E-state index is -0.669. The highest BCUT2D eigenvalue weighted by atomic mass is 16.3. The van der Waals surface area contributed by atoms with Gasteiger partial charge in [0.15, 0.2) is 17.3 Å². The zero-order chi connectivity index (χ0) is 31.6. The summed E-state index contributed by atoms with van der Waals surface area (Å²) < 4.78 is 0. The molecule has 2 saturated heterocycles. The number of hydrogen-bond acceptors (Lipinski definition) is 10. The molecule has 2 aromatic heterocycles. The Morgan fingerprint density at radius 2 is 1.65 bits per heavy atom. The summed E-state index contributed by atoms with van der Waals surface area (Å²) in [6, 6.07) is 14.8. The molecule has 46 heavy (non-hydrogen) atoms. The average molecular weight is 625 g/mol. The number of aromatic amines is 1. The molecule has 0 spiro atoms. The zero-order valence-electron chi connectivity index (χ0n) is 26.5. The molecule has 0 bridgehead atoms. The Morgan fingerprint density at radius 1 is 0.913 bits per heavy atom. The first-order valence-electron chi connectivity index (χ1n) is 16.5. The number of likely N-dealkylation sites (N-methyl/N-ethyl adjacent to an activating group) is 1. The first-order valence-corrected chi connectivity index (χ1v) is 16.5. The van der Waals surface area contributed by atoms with E-state index in [1.165, 1.54) is 31.6 Å². The van der Waals surface area contributed by atoms with Crippen LogP contribution < -0.4 is 21.3 Å². The second kappa shape index (κ2) is 13.2. The standard InChI is InChI=1S/C34H44N10O2/c1-42-17-19-44(20-18-42)25-13-15-43(16-14-25)24-9-5-22(6-10-24)39-34-31(32(35)46)40-30(27-3-2-4-28-29(27)37-21-36-28)33(41-34)38-23-7-11-26(45)12-8-23/h2-6,9-10,21,23,25-26,45H,7-8,11-20H2,1H3,(H2,35,46)(H,36,37)(H2,38,39,41)/t23-,26-. The second-order valence-corrected chi connectivity index (χ2v) is 13.0. The van der Waals surface area contributed by atoms with Crippen molar-refractivity contribution < 1.29 is 9.90 Å². The molecule has 1 amide bonds. The molecule has 12 heteroatoms. The summed E-state index contributed by atoms with van der Waals surface area (Å²) in [5, 5.41) is 17.0. The lowest BCUT2D eigenvalue weighted by atomic mass is 9.93. The predicted octanol–water partition coefficient (Wildman–Crippen LogP) is 3.79. The van der Waals surface area contributed by atoms with Gasteiger partial charge >= 0.3 is 0 Å². The number of benzene rings is 2. The Hall–Kier alpha value is -4.26. The molecule has 2 aliphatic heterocycles. The molecule has 0 atom stereocenters. The number of aromatic nitrogens is 4. The number of nitrogens with two attached hydrogens (primary N) is 1. The van der Waals surface area contributed by atoms with E-state index in [9.17, 15) is 9.90 Å². The van der Waals surface area contributed by atoms with Crippen molar-refractivity contribution in [1.82, 2.24) is 29.7 Å². The van der Waals surface area contributed by atoms with Gasteiger partial charge in [-0.25, -0.2) is 15.0 Å². The third-order valence-electron chi connectivity index (χ3n) is 9.89. The summed E-state index contributed by atoms with van der Waals surface area (Å²) in [6.07, 6.45) is 6.78. The maximum Gasteiger partial charge on any atom is 0.271 e. The van der Waals surface area contributed by atoms with Crippen LogP contribution in [0.3, 0.4) is 0 Å². The second-order valence-electron chi connectivity index (χ2n) is 13.0. The molecule has 1 saturated carbocycles. The number of nitrogens with one attached hydrogen (secondary N) is 3. The first kappa shape index (κ1) is 30.4. The fraction of sp³-hybridized carbons (Fsp3) is 0.471. The number of aliphatic hydroxyl groups excluding tert-OH is 1. The number of rotatable bonds is 8. The van der Waals surface area contributed by atoms with Crippen LogP contribution in [0.4, 0.5) is 23.0 Å². The molecular formula is C34H44N10O2. The predicted molar refractivity (Wildman–Crippen MR) is 182 cm³/mol. The molecule has 1 aliphatic carbocycles. The van der Waals surface area contributed by atoms with Crippen molar-refractivity contribution in [3.8, 4) is 11.3 Å². The van der Waals surface area contributed by atoms with Crippen LogP contribution in [0.2, 0.25) is 0 Å². The number of fused-ring (bicyclic) bond motifs is 1. The largest absolute Gasteiger partial charge is 0.393 e. The number of amides is 1. The van der Waals surface area contributed by atoms with Crippen LogP contribution >= 0.6 is 0 Å². The molecule has 0 unspecified atom stereocenters. The van der Waals surface area contributed by atoms with E-state index in [1.54, 1.807) is 6.33 Å². The Bertz CT molecular complexity index is 1650. The molecule has 3 fully saturated rings. The lowest BCUT2D eigenvalue weighted by Gasteiger charge is -2.42. The number of aliphatic hydroxyl groups is 1. The first-order chi connectivity index (χ1) is 22.4. The maximum absolute atomic E-state index is 12.8. The van der Waals surface area contributed by atoms with Gasteiger partial charge in [-0.1, -0.05) is 12.1 Å². The normalized spacial score (nSPS) is 21.8. The van der Waals surface area contributed by atoms with Crippen LogP contribution in [-0.2, 0) is 0 Å². The highest BCUT2D eigenvalue weighted by Crippen LogP contribution is 2.35. The van der Waals surface area contributed by atoms with Crippen molar-refractivity contribution in [2.24, 2.45) is 5.73 Å². The Balaban J connectivity index is 1.12. The van der Waals surface area contributed by atoms with E-state index in [4.69, 9.17) is 15.7 Å². The minimum absolute atomic E-state index is 0.0576. The molecule has 3 aliphatic rings. The lowest BCUT2D eigenvalue weighted by Crippen LogP contribution is -2.52. The third kappa shape index (κ3) is 6.51. The fourth-order valence-electron chi connectivity index (χ4n) is 7.12. The number of piperidine rings is 1. The van der Waals surface area contributed by atoms with E-state index in [0.717, 1.165) is 74.1 Å². The quantitative estimate of drug-likeness (QED) is 0.196. The number of hydrogen-bond donors (Lipinski definition) is 5. The lowest BCUT2D eigenvalue weighted by molar-refractivity contribution is 0.0982. The van der Waals surface area contributed by atoms with Gasteiger partial charge in [0.25, 0.3) is 5.91 Å². The number of carbonyl (C=O) groups excluding carboxylic acids is 1. The monoisotopic (exact) mass is 624 g/mol. The van der Waals surface area contributed by atoms with Crippen LogP contribution in [0.25, 0.3) is 22.3 Å². The highest BCUT2D eigenvalue weighted by Gasteiger charge is 2.28. The SMILES string of the molecule is CN1CCN(C2CCN(c3ccc(Nc4nc(N[C@H]5CC[C@H](O)CC5)c(-c5cccc6[nH]cnc56)nc4C(N)=O)cc3)CC2)CC1. The van der Waals surface area contributed by atoms with Gasteiger partial charge in [-0.2, -0.15) is 0 Å². The number of anilines is 4. The topological polar surface area (TPSA) is 152 Å². The summed E-state index contributed by atoms with van der Waals surface area (Å²) in [4.78, 5) is 37.7. The van der Waals surface area contributed by atoms with Crippen molar-refractivity contribution in [1.29, 1.82) is 0 Å². The summed E-state index contributed by atoms with van der Waals surface area (Å²) in [5.41, 5.74) is 10.8. The highest BCUT2D eigenvalue weighted by molar-refractivity contribution is 5.99. The molecule has 0 radical (unpaired) electrons. The fourth-order valence-corrected chi connectivity index (χ4v) is 7.12. The van der Waals surface area contributed by atoms with E-state index in [1.807, 2.05) is 30.3 Å². The van der Waals surface area contributed by atoms with Gasteiger partial charge in [-0.05, 0) is 75.9 Å². The molecule has 7 rings (SSSR count). The zero-order valence-corrected chi connectivity index (χ0v) is 26.5. The van der Waals surface area contributed by atoms with Crippen molar-refractivity contribution in [2.75, 3.05) is 61.8 Å². The van der Waals surface area contributed by atoms with Crippen molar-refractivity contribution >= 4 is 40.0 Å². The van der Waals surface area contributed by atoms with Crippen LogP contribution in [-0.4, -0.2) is 105 Å². The Kier molecular flexibility index (Phi) is 8.74. The number of nitrogens with zero attached hydrogens (tertiary/aromatic N) is 6. The molecular weight excluding hydrogens is 580 g/mol. The minimum Gasteiger partial charge on any atom is -0.393 e. The van der Waals surface area contributed by atoms with Gasteiger partial charge in [-0.15, -0.1) is 0 Å². The Labute approximate surface area is 269 Å². The van der Waals surface area contributed by atoms with E-state index >= 15 is 0 Å². The average Bonchev–Trinajstić information content (AvgIpc) is 3.56. The number of H-pyrrole nitrogens is 1. The van der Waals surface area contributed by atoms with E-state index in [2.05, 4.69) is 54.5 Å². The summed E-state index contributed by atoms with van der Waals surface area (Å²) >= 11 is 0. The van der Waals surface area contributed by atoms with Gasteiger partial charge in [0.05, 0.1) is 23.5 Å². The molecule has 4 heterocycles. The van der Waals surface area contributed by atoms with Crippen LogP contribution in [0.1, 0.15) is 49.0 Å². The smallest absolute Gasteiger partial charge is 0.271 e. The third-order valence-corrected chi connectivity index (χ3v) is 9.89. The molecule has 6 N–H and O–H groups in total. The summed E-state index contributed by atoms with van der Waals surface area (Å²) in [6.45, 7) is 6.72. The van der Waals surface area contributed by atoms with Crippen molar-refractivity contribution in [3.63, 3.8) is 0 Å². The summed E-state index contributed by atoms with van der Waals surface area (Å²) in [7, 11) is 2.21. The van der Waals surface area contributed by atoms with Crippen molar-refractivity contribution in [3.05, 3.63) is 54.5 Å². The van der Waals surface area contributed by atoms with Crippen molar-refractivity contribution in [2.45, 2.75) is 56.7 Å². The maximum atomic E-state index is 12.8. The van der Waals surface area contributed by atoms with Gasteiger partial charge < -0.3 is 36.3 Å². The van der Waals surface area contributed by atoms with Crippen LogP contribution in [0.5, 0.6) is 0 Å². The number of carbonyl (C=O) groups is 1. The van der Waals surface area contributed by atoms with Crippen LogP contribution in [0.15, 0.2) is 48.8 Å². The summed E-state index contributed by atoms with van der Waals surface area (Å²) in [5.74, 6) is 0.173. The van der Waals surface area contributed by atoms with Crippen LogP contribution in [0, 0.1) is 0 Å². The van der Waals surface area contributed by atoms with E-state index in [-0.39, 0.29) is 17.8 Å².